The van der Waals surface area contributed by atoms with Crippen LogP contribution < -0.4 is 0 Å². The van der Waals surface area contributed by atoms with Gasteiger partial charge in [-0.25, -0.2) is 9.97 Å². The van der Waals surface area contributed by atoms with E-state index in [4.69, 9.17) is 9.97 Å². The predicted octanol–water partition coefficient (Wildman–Crippen LogP) is 13.9. The van der Waals surface area contributed by atoms with Crippen LogP contribution in [0.1, 0.15) is 0 Å². The van der Waals surface area contributed by atoms with E-state index >= 15 is 0 Å². The highest BCUT2D eigenvalue weighted by Crippen LogP contribution is 2.41. The Morgan fingerprint density at radius 3 is 1.52 bits per heavy atom. The minimum absolute atomic E-state index is 0.692. The molecule has 0 atom stereocenters. The summed E-state index contributed by atoms with van der Waals surface area (Å²) in [6.45, 7) is 0. The van der Waals surface area contributed by atoms with Crippen LogP contribution in [0.5, 0.6) is 0 Å². The van der Waals surface area contributed by atoms with Crippen LogP contribution in [0.25, 0.3) is 99.6 Å². The Labute approximate surface area is 314 Å². The molecule has 0 unspecified atom stereocenters. The topological polar surface area (TPSA) is 25.8 Å². The Morgan fingerprint density at radius 2 is 0.796 bits per heavy atom. The van der Waals surface area contributed by atoms with Crippen molar-refractivity contribution in [2.24, 2.45) is 0 Å². The molecule has 0 aliphatic carbocycles. The predicted molar refractivity (Wildman–Crippen MR) is 227 cm³/mol. The smallest absolute Gasteiger partial charge is 0.160 e. The van der Waals surface area contributed by atoms with Crippen molar-refractivity contribution in [1.82, 2.24) is 9.97 Å². The van der Waals surface area contributed by atoms with Crippen molar-refractivity contribution in [1.29, 1.82) is 0 Å². The zero-order chi connectivity index (χ0) is 35.8. The molecule has 10 rings (SSSR count). The second kappa shape index (κ2) is 13.4. The average molecular weight is 687 g/mol. The maximum Gasteiger partial charge on any atom is 0.160 e. The first kappa shape index (κ1) is 31.6. The summed E-state index contributed by atoms with van der Waals surface area (Å²) in [6.07, 6.45) is 0. The van der Waals surface area contributed by atoms with E-state index in [2.05, 4.69) is 200 Å². The second-order valence-electron chi connectivity index (χ2n) is 13.8. The Morgan fingerprint density at radius 1 is 0.259 bits per heavy atom. The van der Waals surface area contributed by atoms with Gasteiger partial charge in [0.2, 0.25) is 0 Å². The third kappa shape index (κ3) is 5.71. The van der Waals surface area contributed by atoms with E-state index in [1.165, 1.54) is 49.0 Å². The summed E-state index contributed by atoms with van der Waals surface area (Å²) in [5.74, 6) is 0.692. The van der Waals surface area contributed by atoms with Crippen LogP contribution >= 0.6 is 0 Å². The lowest BCUT2D eigenvalue weighted by Gasteiger charge is -2.16. The molecule has 1 heterocycles. The van der Waals surface area contributed by atoms with E-state index in [0.717, 1.165) is 44.8 Å². The Balaban J connectivity index is 1.23. The van der Waals surface area contributed by atoms with Crippen molar-refractivity contribution < 1.29 is 0 Å². The first-order chi connectivity index (χ1) is 26.8. The van der Waals surface area contributed by atoms with Crippen LogP contribution in [0.2, 0.25) is 0 Å². The van der Waals surface area contributed by atoms with E-state index in [9.17, 15) is 0 Å². The monoisotopic (exact) mass is 686 g/mol. The number of fused-ring (bicyclic) bond motifs is 4. The molecule has 252 valence electrons. The lowest BCUT2D eigenvalue weighted by atomic mass is 9.90. The highest BCUT2D eigenvalue weighted by atomic mass is 14.9. The van der Waals surface area contributed by atoms with E-state index in [1.807, 2.05) is 6.07 Å². The first-order valence-electron chi connectivity index (χ1n) is 18.4. The van der Waals surface area contributed by atoms with E-state index in [1.54, 1.807) is 0 Å². The fraction of sp³-hybridized carbons (Fsp3) is 0. The van der Waals surface area contributed by atoms with Crippen LogP contribution in [0, 0.1) is 0 Å². The van der Waals surface area contributed by atoms with Crippen LogP contribution in [0.15, 0.2) is 206 Å². The molecular weight excluding hydrogens is 653 g/mol. The van der Waals surface area contributed by atoms with E-state index in [-0.39, 0.29) is 0 Å². The standard InChI is InChI=1S/C52H34N2/c1-4-14-35(15-5-1)36-24-26-40(27-25-36)52-53-49(42-29-30-44(37-16-6-2-7-17-37)47(33-42)38-18-8-3-9-19-38)34-50(54-52)51-45-23-13-11-21-41(45)32-48-43-22-12-10-20-39(43)28-31-46(48)51/h1-34H. The molecule has 10 aromatic rings. The molecule has 0 amide bonds. The largest absolute Gasteiger partial charge is 0.228 e. The van der Waals surface area contributed by atoms with Gasteiger partial charge in [0, 0.05) is 16.7 Å². The van der Waals surface area contributed by atoms with Gasteiger partial charge in [-0.15, -0.1) is 0 Å². The van der Waals surface area contributed by atoms with Crippen LogP contribution in [0.3, 0.4) is 0 Å². The van der Waals surface area contributed by atoms with Gasteiger partial charge < -0.3 is 0 Å². The second-order valence-corrected chi connectivity index (χ2v) is 13.8. The highest BCUT2D eigenvalue weighted by Gasteiger charge is 2.18. The summed E-state index contributed by atoms with van der Waals surface area (Å²) < 4.78 is 0. The van der Waals surface area contributed by atoms with Crippen molar-refractivity contribution >= 4 is 32.3 Å². The maximum absolute atomic E-state index is 5.42. The van der Waals surface area contributed by atoms with Gasteiger partial charge in [0.25, 0.3) is 0 Å². The van der Waals surface area contributed by atoms with Gasteiger partial charge in [0.05, 0.1) is 11.4 Å². The highest BCUT2D eigenvalue weighted by molar-refractivity contribution is 6.19. The fourth-order valence-electron chi connectivity index (χ4n) is 7.82. The van der Waals surface area contributed by atoms with Crippen LogP contribution in [0.4, 0.5) is 0 Å². The molecule has 0 aliphatic rings. The van der Waals surface area contributed by atoms with Crippen molar-refractivity contribution in [3.8, 4) is 67.3 Å². The number of benzene rings is 9. The molecule has 0 N–H and O–H groups in total. The lowest BCUT2D eigenvalue weighted by Crippen LogP contribution is -1.98. The molecule has 2 heteroatoms. The molecule has 0 spiro atoms. The van der Waals surface area contributed by atoms with Gasteiger partial charge >= 0.3 is 0 Å². The third-order valence-electron chi connectivity index (χ3n) is 10.5. The SMILES string of the molecule is c1ccc(-c2ccc(-c3nc(-c4ccc(-c5ccccc5)c(-c5ccccc5)c4)cc(-c4c5ccccc5cc5c4ccc4ccccc45)n3)cc2)cc1. The molecule has 0 fully saturated rings. The molecule has 0 radical (unpaired) electrons. The van der Waals surface area contributed by atoms with E-state index < -0.39 is 0 Å². The van der Waals surface area contributed by atoms with Crippen molar-refractivity contribution in [2.45, 2.75) is 0 Å². The maximum atomic E-state index is 5.42. The summed E-state index contributed by atoms with van der Waals surface area (Å²) in [4.78, 5) is 10.8. The third-order valence-corrected chi connectivity index (χ3v) is 10.5. The Kier molecular flexibility index (Phi) is 7.85. The van der Waals surface area contributed by atoms with Gasteiger partial charge in [0.1, 0.15) is 0 Å². The summed E-state index contributed by atoms with van der Waals surface area (Å²) >= 11 is 0. The van der Waals surface area contributed by atoms with Gasteiger partial charge in [-0.05, 0) is 83.9 Å². The van der Waals surface area contributed by atoms with Crippen LogP contribution in [-0.4, -0.2) is 9.97 Å². The normalized spacial score (nSPS) is 11.3. The molecule has 0 saturated carbocycles. The van der Waals surface area contributed by atoms with Crippen molar-refractivity contribution in [3.63, 3.8) is 0 Å². The quantitative estimate of drug-likeness (QED) is 0.129. The van der Waals surface area contributed by atoms with Gasteiger partial charge in [-0.1, -0.05) is 188 Å². The average Bonchev–Trinajstić information content (AvgIpc) is 3.26. The van der Waals surface area contributed by atoms with Gasteiger partial charge in [-0.3, -0.25) is 0 Å². The summed E-state index contributed by atoms with van der Waals surface area (Å²) in [5, 5.41) is 7.20. The molecular formula is C52H34N2. The molecule has 54 heavy (non-hydrogen) atoms. The zero-order valence-corrected chi connectivity index (χ0v) is 29.5. The molecule has 0 bridgehead atoms. The first-order valence-corrected chi connectivity index (χ1v) is 18.4. The Hall–Kier alpha value is -7.16. The van der Waals surface area contributed by atoms with Gasteiger partial charge in [-0.2, -0.15) is 0 Å². The number of nitrogens with zero attached hydrogens (tertiary/aromatic N) is 2. The summed E-state index contributed by atoms with van der Waals surface area (Å²) in [5.41, 5.74) is 11.9. The molecule has 9 aromatic carbocycles. The summed E-state index contributed by atoms with van der Waals surface area (Å²) in [7, 11) is 0. The minimum Gasteiger partial charge on any atom is -0.228 e. The molecule has 0 saturated heterocycles. The van der Waals surface area contributed by atoms with Crippen molar-refractivity contribution in [3.05, 3.63) is 206 Å². The number of hydrogen-bond donors (Lipinski definition) is 0. The zero-order valence-electron chi connectivity index (χ0n) is 29.5. The van der Waals surface area contributed by atoms with Crippen molar-refractivity contribution in [2.75, 3.05) is 0 Å². The number of hydrogen-bond acceptors (Lipinski definition) is 2. The summed E-state index contributed by atoms with van der Waals surface area (Å²) in [6, 6.07) is 73.4. The lowest BCUT2D eigenvalue weighted by molar-refractivity contribution is 1.19. The Bertz CT molecular complexity index is 2950. The molecule has 2 nitrogen and oxygen atoms in total. The number of rotatable bonds is 6. The molecule has 1 aromatic heterocycles. The van der Waals surface area contributed by atoms with E-state index in [0.29, 0.717) is 5.82 Å². The number of aromatic nitrogens is 2. The molecule has 0 aliphatic heterocycles. The van der Waals surface area contributed by atoms with Gasteiger partial charge in [0.15, 0.2) is 5.82 Å². The van der Waals surface area contributed by atoms with Crippen LogP contribution in [-0.2, 0) is 0 Å². The minimum atomic E-state index is 0.692. The fourth-order valence-corrected chi connectivity index (χ4v) is 7.82.